The third-order valence-corrected chi connectivity index (χ3v) is 3.00. The Bertz CT molecular complexity index is 352. The molecule has 0 bridgehead atoms. The highest BCUT2D eigenvalue weighted by Crippen LogP contribution is 2.20. The topological polar surface area (TPSA) is 35.2 Å². The molecule has 0 amide bonds. The summed E-state index contributed by atoms with van der Waals surface area (Å²) in [4.78, 5) is 0. The van der Waals surface area contributed by atoms with Crippen LogP contribution < -0.4 is 10.5 Å². The lowest BCUT2D eigenvalue weighted by Crippen LogP contribution is -2.31. The van der Waals surface area contributed by atoms with Gasteiger partial charge in [-0.25, -0.2) is 0 Å². The summed E-state index contributed by atoms with van der Waals surface area (Å²) in [5.41, 5.74) is 8.53. The lowest BCUT2D eigenvalue weighted by atomic mass is 9.96. The SMILES string of the molecule is COc1ccc(CCCCC(C)(C)N)cc1C. The van der Waals surface area contributed by atoms with Gasteiger partial charge in [-0.3, -0.25) is 0 Å². The van der Waals surface area contributed by atoms with Gasteiger partial charge in [-0.05, 0) is 57.2 Å². The van der Waals surface area contributed by atoms with Crippen LogP contribution in [0.3, 0.4) is 0 Å². The normalized spacial score (nSPS) is 11.6. The van der Waals surface area contributed by atoms with E-state index in [-0.39, 0.29) is 5.54 Å². The summed E-state index contributed by atoms with van der Waals surface area (Å²) in [6.45, 7) is 6.26. The molecule has 2 nitrogen and oxygen atoms in total. The molecule has 1 aromatic rings. The monoisotopic (exact) mass is 235 g/mol. The van der Waals surface area contributed by atoms with Gasteiger partial charge in [-0.15, -0.1) is 0 Å². The van der Waals surface area contributed by atoms with Crippen molar-refractivity contribution in [2.45, 2.75) is 52.0 Å². The second kappa shape index (κ2) is 6.06. The van der Waals surface area contributed by atoms with E-state index in [1.54, 1.807) is 7.11 Å². The average Bonchev–Trinajstić information content (AvgIpc) is 2.23. The van der Waals surface area contributed by atoms with Crippen LogP contribution in [0.5, 0.6) is 5.75 Å². The van der Waals surface area contributed by atoms with Crippen LogP contribution in [0.15, 0.2) is 18.2 Å². The summed E-state index contributed by atoms with van der Waals surface area (Å²) in [6.07, 6.45) is 4.60. The van der Waals surface area contributed by atoms with E-state index in [2.05, 4.69) is 39.0 Å². The highest BCUT2D eigenvalue weighted by Gasteiger charge is 2.09. The number of ether oxygens (including phenoxy) is 1. The number of unbranched alkanes of at least 4 members (excludes halogenated alkanes) is 1. The largest absolute Gasteiger partial charge is 0.496 e. The van der Waals surface area contributed by atoms with Crippen molar-refractivity contribution in [3.05, 3.63) is 29.3 Å². The lowest BCUT2D eigenvalue weighted by Gasteiger charge is -2.17. The minimum absolute atomic E-state index is 0.0319. The maximum atomic E-state index is 5.96. The standard InChI is InChI=1S/C15H25NO/c1-12-11-13(8-9-14(12)17-4)7-5-6-10-15(2,3)16/h8-9,11H,5-7,10,16H2,1-4H3. The zero-order chi connectivity index (χ0) is 12.9. The fraction of sp³-hybridized carbons (Fsp3) is 0.600. The van der Waals surface area contributed by atoms with Crippen molar-refractivity contribution in [2.24, 2.45) is 5.73 Å². The van der Waals surface area contributed by atoms with Gasteiger partial charge >= 0.3 is 0 Å². The maximum absolute atomic E-state index is 5.96. The van der Waals surface area contributed by atoms with Gasteiger partial charge in [0, 0.05) is 5.54 Å². The van der Waals surface area contributed by atoms with Crippen molar-refractivity contribution in [1.29, 1.82) is 0 Å². The molecule has 0 unspecified atom stereocenters. The predicted octanol–water partition coefficient (Wildman–Crippen LogP) is 3.45. The first-order valence-electron chi connectivity index (χ1n) is 6.35. The van der Waals surface area contributed by atoms with Gasteiger partial charge in [0.25, 0.3) is 0 Å². The molecule has 0 saturated heterocycles. The smallest absolute Gasteiger partial charge is 0.121 e. The number of aryl methyl sites for hydroxylation is 2. The van der Waals surface area contributed by atoms with Gasteiger partial charge in [0.1, 0.15) is 5.75 Å². The van der Waals surface area contributed by atoms with Gasteiger partial charge in [0.05, 0.1) is 7.11 Å². The molecule has 2 heteroatoms. The summed E-state index contributed by atoms with van der Waals surface area (Å²) in [6, 6.07) is 6.42. The Morgan fingerprint density at radius 1 is 1.24 bits per heavy atom. The Morgan fingerprint density at radius 2 is 1.94 bits per heavy atom. The molecule has 0 radical (unpaired) electrons. The zero-order valence-electron chi connectivity index (χ0n) is 11.5. The molecule has 1 aromatic carbocycles. The molecule has 0 heterocycles. The Morgan fingerprint density at radius 3 is 2.47 bits per heavy atom. The van der Waals surface area contributed by atoms with Crippen LogP contribution in [0.1, 0.15) is 44.2 Å². The summed E-state index contributed by atoms with van der Waals surface area (Å²) >= 11 is 0. The number of rotatable bonds is 6. The third-order valence-electron chi connectivity index (χ3n) is 3.00. The van der Waals surface area contributed by atoms with E-state index < -0.39 is 0 Å². The Balaban J connectivity index is 2.40. The average molecular weight is 235 g/mol. The predicted molar refractivity (Wildman–Crippen MR) is 73.6 cm³/mol. The van der Waals surface area contributed by atoms with Crippen LogP contribution in [0.2, 0.25) is 0 Å². The van der Waals surface area contributed by atoms with E-state index in [1.165, 1.54) is 24.0 Å². The van der Waals surface area contributed by atoms with E-state index in [4.69, 9.17) is 10.5 Å². The molecule has 0 aliphatic carbocycles. The van der Waals surface area contributed by atoms with Crippen molar-refractivity contribution in [3.8, 4) is 5.75 Å². The fourth-order valence-electron chi connectivity index (χ4n) is 2.01. The van der Waals surface area contributed by atoms with Crippen molar-refractivity contribution < 1.29 is 4.74 Å². The molecule has 0 saturated carbocycles. The first kappa shape index (κ1) is 14.0. The number of hydrogen-bond acceptors (Lipinski definition) is 2. The first-order chi connectivity index (χ1) is 7.92. The van der Waals surface area contributed by atoms with Crippen LogP contribution in [0.4, 0.5) is 0 Å². The molecule has 17 heavy (non-hydrogen) atoms. The second-order valence-corrected chi connectivity index (χ2v) is 5.50. The molecule has 0 spiro atoms. The number of hydrogen-bond donors (Lipinski definition) is 1. The van der Waals surface area contributed by atoms with Crippen molar-refractivity contribution >= 4 is 0 Å². The summed E-state index contributed by atoms with van der Waals surface area (Å²) in [5, 5.41) is 0. The number of benzene rings is 1. The van der Waals surface area contributed by atoms with Gasteiger partial charge < -0.3 is 10.5 Å². The molecule has 0 atom stereocenters. The molecule has 2 N–H and O–H groups in total. The van der Waals surface area contributed by atoms with E-state index >= 15 is 0 Å². The summed E-state index contributed by atoms with van der Waals surface area (Å²) in [5.74, 6) is 0.969. The maximum Gasteiger partial charge on any atom is 0.121 e. The van der Waals surface area contributed by atoms with Gasteiger partial charge in [0.2, 0.25) is 0 Å². The van der Waals surface area contributed by atoms with Crippen LogP contribution in [-0.4, -0.2) is 12.6 Å². The minimum atomic E-state index is -0.0319. The molecular formula is C15H25NO. The number of nitrogens with two attached hydrogens (primary N) is 1. The number of methoxy groups -OCH3 is 1. The third kappa shape index (κ3) is 5.22. The quantitative estimate of drug-likeness (QED) is 0.766. The van der Waals surface area contributed by atoms with E-state index in [0.29, 0.717) is 0 Å². The zero-order valence-corrected chi connectivity index (χ0v) is 11.5. The van der Waals surface area contributed by atoms with Crippen molar-refractivity contribution in [2.75, 3.05) is 7.11 Å². The van der Waals surface area contributed by atoms with Gasteiger partial charge in [0.15, 0.2) is 0 Å². The van der Waals surface area contributed by atoms with Crippen molar-refractivity contribution in [3.63, 3.8) is 0 Å². The summed E-state index contributed by atoms with van der Waals surface area (Å²) < 4.78 is 5.25. The van der Waals surface area contributed by atoms with Gasteiger partial charge in [-0.1, -0.05) is 18.6 Å². The van der Waals surface area contributed by atoms with Gasteiger partial charge in [-0.2, -0.15) is 0 Å². The molecule has 0 aromatic heterocycles. The lowest BCUT2D eigenvalue weighted by molar-refractivity contribution is 0.411. The molecule has 0 fully saturated rings. The van der Waals surface area contributed by atoms with Crippen LogP contribution >= 0.6 is 0 Å². The second-order valence-electron chi connectivity index (χ2n) is 5.50. The highest BCUT2D eigenvalue weighted by atomic mass is 16.5. The molecular weight excluding hydrogens is 210 g/mol. The Labute approximate surface area is 105 Å². The first-order valence-corrected chi connectivity index (χ1v) is 6.35. The highest BCUT2D eigenvalue weighted by molar-refractivity contribution is 5.36. The van der Waals surface area contributed by atoms with E-state index in [9.17, 15) is 0 Å². The van der Waals surface area contributed by atoms with E-state index in [0.717, 1.165) is 18.6 Å². The summed E-state index contributed by atoms with van der Waals surface area (Å²) in [7, 11) is 1.71. The minimum Gasteiger partial charge on any atom is -0.496 e. The Kier molecular flexibility index (Phi) is 5.01. The Hall–Kier alpha value is -1.02. The van der Waals surface area contributed by atoms with Crippen molar-refractivity contribution in [1.82, 2.24) is 0 Å². The van der Waals surface area contributed by atoms with Crippen LogP contribution in [-0.2, 0) is 6.42 Å². The van der Waals surface area contributed by atoms with E-state index in [1.807, 2.05) is 0 Å². The van der Waals surface area contributed by atoms with Crippen LogP contribution in [0.25, 0.3) is 0 Å². The molecule has 1 rings (SSSR count). The fourth-order valence-corrected chi connectivity index (χ4v) is 2.01. The molecule has 96 valence electrons. The van der Waals surface area contributed by atoms with Crippen LogP contribution in [0, 0.1) is 6.92 Å². The molecule has 0 aliphatic heterocycles. The molecule has 0 aliphatic rings.